The summed E-state index contributed by atoms with van der Waals surface area (Å²) < 4.78 is 2.23. The van der Waals surface area contributed by atoms with E-state index in [-0.39, 0.29) is 0 Å². The monoisotopic (exact) mass is 402 g/mol. The van der Waals surface area contributed by atoms with E-state index in [1.54, 1.807) is 0 Å². The molecule has 0 heterocycles. The smallest absolute Gasteiger partial charge is 0.0328 e. The van der Waals surface area contributed by atoms with Gasteiger partial charge in [0.2, 0.25) is 0 Å². The minimum Gasteiger partial charge on any atom is -0.311 e. The summed E-state index contributed by atoms with van der Waals surface area (Å²) >= 11 is 7.08. The largest absolute Gasteiger partial charge is 0.311 e. The molecule has 0 radical (unpaired) electrons. The maximum absolute atomic E-state index is 3.66. The van der Waals surface area contributed by atoms with Crippen LogP contribution in [0.15, 0.2) is 27.1 Å². The number of hydrogen-bond acceptors (Lipinski definition) is 2. The molecule has 4 heteroatoms. The van der Waals surface area contributed by atoms with Crippen molar-refractivity contribution in [2.45, 2.75) is 44.2 Å². The third-order valence-corrected chi connectivity index (χ3v) is 6.38. The van der Waals surface area contributed by atoms with Crippen LogP contribution < -0.4 is 5.32 Å². The molecule has 0 spiro atoms. The minimum absolute atomic E-state index is 0.352. The van der Waals surface area contributed by atoms with Crippen molar-refractivity contribution in [3.8, 4) is 0 Å². The van der Waals surface area contributed by atoms with Crippen molar-refractivity contribution in [3.63, 3.8) is 0 Å². The fraction of sp³-hybridized carbons (Fsp3) is 0.625. The zero-order chi connectivity index (χ0) is 14.6. The first-order chi connectivity index (χ1) is 9.53. The van der Waals surface area contributed by atoms with Crippen LogP contribution >= 0.6 is 31.9 Å². The van der Waals surface area contributed by atoms with Gasteiger partial charge in [-0.15, -0.1) is 0 Å². The molecule has 1 aromatic rings. The normalized spacial score (nSPS) is 18.4. The lowest BCUT2D eigenvalue weighted by Crippen LogP contribution is -2.52. The van der Waals surface area contributed by atoms with Gasteiger partial charge in [0.05, 0.1) is 0 Å². The molecule has 1 aliphatic rings. The summed E-state index contributed by atoms with van der Waals surface area (Å²) in [7, 11) is 4.45. The summed E-state index contributed by atoms with van der Waals surface area (Å²) in [5, 5.41) is 3.66. The molecule has 0 amide bonds. The van der Waals surface area contributed by atoms with Crippen LogP contribution in [0.1, 0.15) is 37.7 Å². The average molecular weight is 404 g/mol. The zero-order valence-electron chi connectivity index (χ0n) is 12.4. The van der Waals surface area contributed by atoms with Crippen molar-refractivity contribution in [3.05, 3.63) is 32.7 Å². The highest BCUT2D eigenvalue weighted by atomic mass is 79.9. The molecule has 20 heavy (non-hydrogen) atoms. The Morgan fingerprint density at radius 3 is 2.40 bits per heavy atom. The van der Waals surface area contributed by atoms with Crippen LogP contribution in [0.3, 0.4) is 0 Å². The quantitative estimate of drug-likeness (QED) is 0.774. The molecule has 0 aromatic heterocycles. The second-order valence-electron chi connectivity index (χ2n) is 6.03. The Balaban J connectivity index is 1.91. The third-order valence-electron chi connectivity index (χ3n) is 4.50. The molecule has 2 rings (SSSR count). The van der Waals surface area contributed by atoms with Crippen molar-refractivity contribution < 1.29 is 0 Å². The molecule has 1 aliphatic carbocycles. The van der Waals surface area contributed by atoms with Crippen molar-refractivity contribution in [1.29, 1.82) is 0 Å². The average Bonchev–Trinajstić information content (AvgIpc) is 2.44. The predicted molar refractivity (Wildman–Crippen MR) is 93.1 cm³/mol. The number of benzene rings is 1. The number of nitrogens with zero attached hydrogens (tertiary/aromatic N) is 1. The van der Waals surface area contributed by atoms with E-state index in [1.165, 1.54) is 37.7 Å². The van der Waals surface area contributed by atoms with Gasteiger partial charge in [-0.2, -0.15) is 0 Å². The first-order valence-corrected chi connectivity index (χ1v) is 8.94. The zero-order valence-corrected chi connectivity index (χ0v) is 15.6. The molecule has 1 aromatic carbocycles. The Bertz CT molecular complexity index is 440. The lowest BCUT2D eigenvalue weighted by Gasteiger charge is -2.43. The number of likely N-dealkylation sites (N-methyl/N-ethyl adjacent to an activating group) is 1. The van der Waals surface area contributed by atoms with Crippen LogP contribution in [0.2, 0.25) is 0 Å². The molecular formula is C16H24Br2N2. The van der Waals surface area contributed by atoms with Crippen molar-refractivity contribution in [2.75, 3.05) is 20.6 Å². The van der Waals surface area contributed by atoms with Gasteiger partial charge in [-0.05, 0) is 76.5 Å². The molecule has 112 valence electrons. The Kier molecular flexibility index (Phi) is 6.09. The SMILES string of the molecule is CN(C)C1(CNCc2ccc(Br)c(Br)c2)CCCCC1. The van der Waals surface area contributed by atoms with Gasteiger partial charge >= 0.3 is 0 Å². The molecule has 2 nitrogen and oxygen atoms in total. The standard InChI is InChI=1S/C16H24Br2N2/c1-20(2)16(8-4-3-5-9-16)12-19-11-13-6-7-14(17)15(18)10-13/h6-7,10,19H,3-5,8-9,11-12H2,1-2H3. The van der Waals surface area contributed by atoms with E-state index in [1.807, 2.05) is 0 Å². The van der Waals surface area contributed by atoms with E-state index in [2.05, 4.69) is 74.4 Å². The van der Waals surface area contributed by atoms with E-state index >= 15 is 0 Å². The van der Waals surface area contributed by atoms with Gasteiger partial charge in [-0.1, -0.05) is 25.3 Å². The van der Waals surface area contributed by atoms with Gasteiger partial charge in [0.15, 0.2) is 0 Å². The molecule has 0 aliphatic heterocycles. The summed E-state index contributed by atoms with van der Waals surface area (Å²) in [6.45, 7) is 2.01. The Morgan fingerprint density at radius 1 is 1.10 bits per heavy atom. The van der Waals surface area contributed by atoms with Crippen molar-refractivity contribution >= 4 is 31.9 Å². The third kappa shape index (κ3) is 4.06. The highest BCUT2D eigenvalue weighted by Crippen LogP contribution is 2.31. The Morgan fingerprint density at radius 2 is 1.80 bits per heavy atom. The number of nitrogens with one attached hydrogen (secondary N) is 1. The van der Waals surface area contributed by atoms with Gasteiger partial charge in [-0.3, -0.25) is 0 Å². The van der Waals surface area contributed by atoms with Gasteiger partial charge in [-0.25, -0.2) is 0 Å². The molecule has 1 fully saturated rings. The van der Waals surface area contributed by atoms with Crippen LogP contribution in [-0.4, -0.2) is 31.1 Å². The highest BCUT2D eigenvalue weighted by Gasteiger charge is 2.33. The summed E-state index contributed by atoms with van der Waals surface area (Å²) in [5.41, 5.74) is 1.68. The van der Waals surface area contributed by atoms with E-state index < -0.39 is 0 Å². The summed E-state index contributed by atoms with van der Waals surface area (Å²) in [5.74, 6) is 0. The second kappa shape index (κ2) is 7.39. The number of rotatable bonds is 5. The van der Waals surface area contributed by atoms with Crippen LogP contribution in [0.25, 0.3) is 0 Å². The maximum Gasteiger partial charge on any atom is 0.0328 e. The Hall–Kier alpha value is 0.1000. The van der Waals surface area contributed by atoms with Gasteiger partial charge in [0, 0.05) is 27.6 Å². The Labute approximate surface area is 139 Å². The molecule has 1 saturated carbocycles. The molecule has 0 atom stereocenters. The van der Waals surface area contributed by atoms with E-state index in [0.29, 0.717) is 5.54 Å². The van der Waals surface area contributed by atoms with Gasteiger partial charge in [0.1, 0.15) is 0 Å². The summed E-state index contributed by atoms with van der Waals surface area (Å²) in [4.78, 5) is 2.43. The first-order valence-electron chi connectivity index (χ1n) is 7.36. The first kappa shape index (κ1) is 16.5. The van der Waals surface area contributed by atoms with Crippen molar-refractivity contribution in [2.24, 2.45) is 0 Å². The molecular weight excluding hydrogens is 380 g/mol. The molecule has 0 bridgehead atoms. The van der Waals surface area contributed by atoms with E-state index in [4.69, 9.17) is 0 Å². The predicted octanol–water partition coefficient (Wildman–Crippen LogP) is 4.57. The number of hydrogen-bond donors (Lipinski definition) is 1. The van der Waals surface area contributed by atoms with E-state index in [9.17, 15) is 0 Å². The fourth-order valence-electron chi connectivity index (χ4n) is 3.08. The molecule has 0 saturated heterocycles. The van der Waals surface area contributed by atoms with Crippen LogP contribution in [0.4, 0.5) is 0 Å². The second-order valence-corrected chi connectivity index (χ2v) is 7.74. The lowest BCUT2D eigenvalue weighted by molar-refractivity contribution is 0.0984. The maximum atomic E-state index is 3.66. The highest BCUT2D eigenvalue weighted by molar-refractivity contribution is 9.13. The lowest BCUT2D eigenvalue weighted by atomic mass is 9.80. The van der Waals surface area contributed by atoms with Crippen molar-refractivity contribution in [1.82, 2.24) is 10.2 Å². The molecule has 1 N–H and O–H groups in total. The van der Waals surface area contributed by atoms with E-state index in [0.717, 1.165) is 22.0 Å². The number of halogens is 2. The minimum atomic E-state index is 0.352. The van der Waals surface area contributed by atoms with Gasteiger partial charge in [0.25, 0.3) is 0 Å². The van der Waals surface area contributed by atoms with Gasteiger partial charge < -0.3 is 10.2 Å². The van der Waals surface area contributed by atoms with Crippen LogP contribution in [0.5, 0.6) is 0 Å². The van der Waals surface area contributed by atoms with Crippen LogP contribution in [-0.2, 0) is 6.54 Å². The van der Waals surface area contributed by atoms with Crippen LogP contribution in [0, 0.1) is 0 Å². The molecule has 0 unspecified atom stereocenters. The topological polar surface area (TPSA) is 15.3 Å². The summed E-state index contributed by atoms with van der Waals surface area (Å²) in [6, 6.07) is 6.45. The summed E-state index contributed by atoms with van der Waals surface area (Å²) in [6.07, 6.45) is 6.76. The fourth-order valence-corrected chi connectivity index (χ4v) is 3.75.